The van der Waals surface area contributed by atoms with Crippen LogP contribution in [0.25, 0.3) is 0 Å². The summed E-state index contributed by atoms with van der Waals surface area (Å²) in [4.78, 5) is 58.1. The van der Waals surface area contributed by atoms with E-state index in [0.717, 1.165) is 17.7 Å². The van der Waals surface area contributed by atoms with Crippen LogP contribution < -0.4 is 10.6 Å². The molecule has 1 aliphatic heterocycles. The van der Waals surface area contributed by atoms with Gasteiger partial charge in [-0.2, -0.15) is 0 Å². The molecule has 0 spiro atoms. The fourth-order valence-corrected chi connectivity index (χ4v) is 4.79. The third kappa shape index (κ3) is 7.09. The monoisotopic (exact) mass is 570 g/mol. The molecule has 1 saturated heterocycles. The molecule has 0 bridgehead atoms. The zero-order chi connectivity index (χ0) is 30.5. The predicted molar refractivity (Wildman–Crippen MR) is 150 cm³/mol. The average molecular weight is 571 g/mol. The summed E-state index contributed by atoms with van der Waals surface area (Å²) in [6.07, 6.45) is 2.99. The second-order valence-electron chi connectivity index (χ2n) is 11.6. The number of rotatable bonds is 11. The first-order valence-corrected chi connectivity index (χ1v) is 14.1. The van der Waals surface area contributed by atoms with Crippen LogP contribution in [0.5, 0.6) is 0 Å². The topological polar surface area (TPSA) is 157 Å². The number of likely N-dealkylation sites (tertiary alicyclic amines) is 1. The van der Waals surface area contributed by atoms with Gasteiger partial charge in [0.15, 0.2) is 0 Å². The number of amides is 3. The van der Waals surface area contributed by atoms with Crippen molar-refractivity contribution >= 4 is 23.7 Å². The van der Waals surface area contributed by atoms with Crippen molar-refractivity contribution in [1.29, 1.82) is 0 Å². The highest BCUT2D eigenvalue weighted by Crippen LogP contribution is 2.29. The Balaban J connectivity index is 1.77. The minimum absolute atomic E-state index is 0.209. The first-order valence-electron chi connectivity index (χ1n) is 14.1. The number of methoxy groups -OCH3 is 1. The minimum Gasteiger partial charge on any atom is -0.453 e. The molecule has 1 unspecified atom stereocenters. The molecule has 0 aliphatic carbocycles. The standard InChI is InChI=1S/C29H42N6O6/c1-9-18-12-13-20(30-15-18)29(6,7)27-34-33-25(41-27)23(36)21(16(2)3)31-24(37)19-11-10-14-35(19)26(38)22(17(4)5)32-28(39)40-8/h12-13,15-17,19,21-22H,9-11,14H2,1-8H3,(H,31,37)(H,32,39)/t19-,21?,22-/m0/s1. The Kier molecular flexibility index (Phi) is 10.2. The highest BCUT2D eigenvalue weighted by Gasteiger charge is 2.41. The molecule has 2 N–H and O–H groups in total. The second kappa shape index (κ2) is 13.2. The number of aromatic nitrogens is 3. The fraction of sp³-hybridized carbons (Fsp3) is 0.621. The molecule has 224 valence electrons. The van der Waals surface area contributed by atoms with Crippen LogP contribution in [-0.4, -0.2) is 75.6 Å². The van der Waals surface area contributed by atoms with Crippen molar-refractivity contribution in [2.24, 2.45) is 11.8 Å². The first kappa shape index (κ1) is 31.7. The maximum atomic E-state index is 13.5. The number of hydrogen-bond donors (Lipinski definition) is 2. The van der Waals surface area contributed by atoms with Crippen LogP contribution >= 0.6 is 0 Å². The van der Waals surface area contributed by atoms with Crippen LogP contribution in [0.15, 0.2) is 22.7 Å². The van der Waals surface area contributed by atoms with Gasteiger partial charge in [0.05, 0.1) is 24.3 Å². The summed E-state index contributed by atoms with van der Waals surface area (Å²) in [5.41, 5.74) is 1.08. The van der Waals surface area contributed by atoms with Gasteiger partial charge in [0.1, 0.15) is 12.1 Å². The summed E-state index contributed by atoms with van der Waals surface area (Å²) in [5.74, 6) is -1.85. The number of nitrogens with one attached hydrogen (secondary N) is 2. The lowest BCUT2D eigenvalue weighted by Gasteiger charge is -2.31. The van der Waals surface area contributed by atoms with Crippen LogP contribution in [0.3, 0.4) is 0 Å². The number of alkyl carbamates (subject to hydrolysis) is 1. The number of ketones is 1. The molecule has 1 aliphatic rings. The molecule has 3 rings (SSSR count). The average Bonchev–Trinajstić information content (AvgIpc) is 3.64. The Morgan fingerprint density at radius 1 is 1.07 bits per heavy atom. The molecule has 0 radical (unpaired) electrons. The van der Waals surface area contributed by atoms with Gasteiger partial charge < -0.3 is 24.7 Å². The molecule has 1 fully saturated rings. The number of Topliss-reactive ketones (excluding diaryl/α,β-unsaturated/α-hetero) is 1. The number of ether oxygens (including phenoxy) is 1. The Morgan fingerprint density at radius 2 is 1.76 bits per heavy atom. The fourth-order valence-electron chi connectivity index (χ4n) is 4.79. The lowest BCUT2D eigenvalue weighted by Crippen LogP contribution is -2.57. The number of carbonyl (C=O) groups excluding carboxylic acids is 4. The zero-order valence-electron chi connectivity index (χ0n) is 25.2. The molecular weight excluding hydrogens is 528 g/mol. The molecule has 12 heteroatoms. The van der Waals surface area contributed by atoms with Crippen molar-refractivity contribution in [1.82, 2.24) is 30.7 Å². The molecule has 41 heavy (non-hydrogen) atoms. The van der Waals surface area contributed by atoms with Gasteiger partial charge in [-0.3, -0.25) is 19.4 Å². The van der Waals surface area contributed by atoms with Crippen LogP contribution in [0.1, 0.15) is 89.1 Å². The van der Waals surface area contributed by atoms with Crippen molar-refractivity contribution in [3.05, 3.63) is 41.4 Å². The van der Waals surface area contributed by atoms with Gasteiger partial charge in [-0.1, -0.05) is 40.7 Å². The summed E-state index contributed by atoms with van der Waals surface area (Å²) in [5, 5.41) is 13.5. The first-order chi connectivity index (χ1) is 19.3. The van der Waals surface area contributed by atoms with E-state index in [0.29, 0.717) is 19.4 Å². The Labute approximate surface area is 241 Å². The molecule has 3 atom stereocenters. The lowest BCUT2D eigenvalue weighted by molar-refractivity contribution is -0.141. The summed E-state index contributed by atoms with van der Waals surface area (Å²) in [6.45, 7) is 13.4. The van der Waals surface area contributed by atoms with Gasteiger partial charge in [0, 0.05) is 12.7 Å². The van der Waals surface area contributed by atoms with Crippen molar-refractivity contribution in [2.75, 3.05) is 13.7 Å². The highest BCUT2D eigenvalue weighted by atomic mass is 16.5. The largest absolute Gasteiger partial charge is 0.453 e. The second-order valence-corrected chi connectivity index (χ2v) is 11.6. The number of carbonyl (C=O) groups is 4. The molecule has 2 aromatic heterocycles. The van der Waals surface area contributed by atoms with E-state index in [2.05, 4.69) is 37.5 Å². The van der Waals surface area contributed by atoms with Crippen molar-refractivity contribution in [3.63, 3.8) is 0 Å². The highest BCUT2D eigenvalue weighted by molar-refractivity contribution is 6.00. The van der Waals surface area contributed by atoms with Crippen molar-refractivity contribution in [2.45, 2.75) is 91.3 Å². The van der Waals surface area contributed by atoms with E-state index < -0.39 is 41.3 Å². The van der Waals surface area contributed by atoms with Crippen LogP contribution in [0.2, 0.25) is 0 Å². The Hall–Kier alpha value is -3.83. The van der Waals surface area contributed by atoms with Gasteiger partial charge >= 0.3 is 6.09 Å². The van der Waals surface area contributed by atoms with E-state index in [1.165, 1.54) is 12.0 Å². The molecule has 3 amide bonds. The predicted octanol–water partition coefficient (Wildman–Crippen LogP) is 3.05. The van der Waals surface area contributed by atoms with E-state index in [1.807, 2.05) is 26.0 Å². The molecular formula is C29H42N6O6. The summed E-state index contributed by atoms with van der Waals surface area (Å²) < 4.78 is 10.5. The quantitative estimate of drug-likeness (QED) is 0.388. The van der Waals surface area contributed by atoms with Crippen molar-refractivity contribution in [3.8, 4) is 0 Å². The molecule has 2 aromatic rings. The number of aryl methyl sites for hydroxylation is 1. The van der Waals surface area contributed by atoms with E-state index in [1.54, 1.807) is 33.9 Å². The van der Waals surface area contributed by atoms with Gasteiger partial charge in [0.25, 0.3) is 5.89 Å². The van der Waals surface area contributed by atoms with Gasteiger partial charge in [-0.15, -0.1) is 10.2 Å². The zero-order valence-corrected chi connectivity index (χ0v) is 25.2. The van der Waals surface area contributed by atoms with Gasteiger partial charge in [0.2, 0.25) is 23.5 Å². The number of pyridine rings is 1. The maximum Gasteiger partial charge on any atom is 0.407 e. The molecule has 0 aromatic carbocycles. The SMILES string of the molecule is CCc1ccc(C(C)(C)c2nnc(C(=O)C(NC(=O)[C@@H]3CCCN3C(=O)[C@@H](NC(=O)OC)C(C)C)C(C)C)o2)nc1. The normalized spacial score (nSPS) is 16.9. The number of hydrogen-bond acceptors (Lipinski definition) is 9. The van der Waals surface area contributed by atoms with E-state index in [4.69, 9.17) is 4.42 Å². The van der Waals surface area contributed by atoms with Crippen LogP contribution in [-0.2, 0) is 26.2 Å². The van der Waals surface area contributed by atoms with Gasteiger partial charge in [-0.25, -0.2) is 4.79 Å². The smallest absolute Gasteiger partial charge is 0.407 e. The Morgan fingerprint density at radius 3 is 2.32 bits per heavy atom. The van der Waals surface area contributed by atoms with Gasteiger partial charge in [-0.05, 0) is 56.6 Å². The van der Waals surface area contributed by atoms with Crippen molar-refractivity contribution < 1.29 is 28.3 Å². The third-order valence-corrected chi connectivity index (χ3v) is 7.52. The van der Waals surface area contributed by atoms with E-state index in [-0.39, 0.29) is 29.5 Å². The number of nitrogens with zero attached hydrogens (tertiary/aromatic N) is 4. The summed E-state index contributed by atoms with van der Waals surface area (Å²) in [6, 6.07) is 1.30. The minimum atomic E-state index is -0.951. The summed E-state index contributed by atoms with van der Waals surface area (Å²) >= 11 is 0. The maximum absolute atomic E-state index is 13.5. The summed E-state index contributed by atoms with van der Waals surface area (Å²) in [7, 11) is 1.22. The molecule has 12 nitrogen and oxygen atoms in total. The molecule has 3 heterocycles. The Bertz CT molecular complexity index is 1240. The van der Waals surface area contributed by atoms with E-state index >= 15 is 0 Å². The van der Waals surface area contributed by atoms with Crippen LogP contribution in [0, 0.1) is 11.8 Å². The van der Waals surface area contributed by atoms with Crippen LogP contribution in [0.4, 0.5) is 4.79 Å². The third-order valence-electron chi connectivity index (χ3n) is 7.52. The molecule has 0 saturated carbocycles. The lowest BCUT2D eigenvalue weighted by atomic mass is 9.88. The van der Waals surface area contributed by atoms with E-state index in [9.17, 15) is 19.2 Å².